The Hall–Kier alpha value is -2.30. The Bertz CT molecular complexity index is 687. The molecule has 3 rings (SSSR count). The number of benzene rings is 1. The number of carbonyl (C=O) groups is 2. The SMILES string of the molecule is Cn1c(C(=O)O)c(N2CCCC2=O)c2ccccc21. The van der Waals surface area contributed by atoms with Crippen molar-refractivity contribution in [3.63, 3.8) is 0 Å². The summed E-state index contributed by atoms with van der Waals surface area (Å²) in [6, 6.07) is 7.45. The van der Waals surface area contributed by atoms with Gasteiger partial charge >= 0.3 is 5.97 Å². The summed E-state index contributed by atoms with van der Waals surface area (Å²) in [5.74, 6) is -1.01. The summed E-state index contributed by atoms with van der Waals surface area (Å²) >= 11 is 0. The molecule has 2 aromatic rings. The molecule has 1 amide bonds. The quantitative estimate of drug-likeness (QED) is 0.896. The van der Waals surface area contributed by atoms with Crippen LogP contribution in [0.5, 0.6) is 0 Å². The Morgan fingerprint density at radius 3 is 2.68 bits per heavy atom. The highest BCUT2D eigenvalue weighted by atomic mass is 16.4. The van der Waals surface area contributed by atoms with Crippen molar-refractivity contribution in [2.75, 3.05) is 11.4 Å². The first-order valence-corrected chi connectivity index (χ1v) is 6.22. The maximum atomic E-state index is 11.9. The van der Waals surface area contributed by atoms with Crippen LogP contribution in [-0.2, 0) is 11.8 Å². The molecule has 0 aliphatic carbocycles. The van der Waals surface area contributed by atoms with Gasteiger partial charge in [0.05, 0.1) is 11.2 Å². The van der Waals surface area contributed by atoms with Gasteiger partial charge in [0.2, 0.25) is 5.91 Å². The second-order valence-corrected chi connectivity index (χ2v) is 4.73. The molecule has 2 heterocycles. The zero-order valence-corrected chi connectivity index (χ0v) is 10.6. The molecule has 1 aliphatic rings. The largest absolute Gasteiger partial charge is 0.477 e. The normalized spacial score (nSPS) is 15.4. The van der Waals surface area contributed by atoms with Gasteiger partial charge in [0, 0.05) is 25.4 Å². The van der Waals surface area contributed by atoms with Crippen LogP contribution in [0.1, 0.15) is 23.3 Å². The monoisotopic (exact) mass is 258 g/mol. The lowest BCUT2D eigenvalue weighted by Gasteiger charge is -2.16. The van der Waals surface area contributed by atoms with Gasteiger partial charge in [0.15, 0.2) is 5.69 Å². The minimum atomic E-state index is -1.01. The lowest BCUT2D eigenvalue weighted by Crippen LogP contribution is -2.25. The van der Waals surface area contributed by atoms with E-state index in [9.17, 15) is 14.7 Å². The number of fused-ring (bicyclic) bond motifs is 1. The molecular weight excluding hydrogens is 244 g/mol. The summed E-state index contributed by atoms with van der Waals surface area (Å²) in [5.41, 5.74) is 1.54. The fourth-order valence-electron chi connectivity index (χ4n) is 2.78. The third-order valence-corrected chi connectivity index (χ3v) is 3.63. The molecule has 1 saturated heterocycles. The first-order valence-electron chi connectivity index (χ1n) is 6.22. The maximum Gasteiger partial charge on any atom is 0.354 e. The van der Waals surface area contributed by atoms with E-state index in [4.69, 9.17) is 0 Å². The van der Waals surface area contributed by atoms with Crippen molar-refractivity contribution in [2.24, 2.45) is 7.05 Å². The average Bonchev–Trinajstić information content (AvgIpc) is 2.92. The number of amides is 1. The molecule has 0 unspecified atom stereocenters. The van der Waals surface area contributed by atoms with Crippen LogP contribution in [0.15, 0.2) is 24.3 Å². The first-order chi connectivity index (χ1) is 9.11. The number of anilines is 1. The number of hydrogen-bond acceptors (Lipinski definition) is 2. The standard InChI is InChI=1S/C14H14N2O3/c1-15-10-6-3-2-5-9(10)12(13(15)14(18)19)16-8-4-7-11(16)17/h2-3,5-6H,4,7-8H2,1H3,(H,18,19). The molecule has 0 radical (unpaired) electrons. The molecule has 1 N–H and O–H groups in total. The van der Waals surface area contributed by atoms with Gasteiger partial charge in [-0.05, 0) is 12.5 Å². The number of hydrogen-bond donors (Lipinski definition) is 1. The summed E-state index contributed by atoms with van der Waals surface area (Å²) in [6.07, 6.45) is 1.27. The third kappa shape index (κ3) is 1.62. The Morgan fingerprint density at radius 2 is 2.05 bits per heavy atom. The highest BCUT2D eigenvalue weighted by Crippen LogP contribution is 2.35. The van der Waals surface area contributed by atoms with E-state index in [1.165, 1.54) is 0 Å². The predicted molar refractivity (Wildman–Crippen MR) is 71.5 cm³/mol. The molecule has 1 fully saturated rings. The van der Waals surface area contributed by atoms with Crippen molar-refractivity contribution in [1.82, 2.24) is 4.57 Å². The minimum absolute atomic E-state index is 0.00106. The van der Waals surface area contributed by atoms with E-state index in [1.54, 1.807) is 16.5 Å². The van der Waals surface area contributed by atoms with Crippen LogP contribution in [0.2, 0.25) is 0 Å². The Morgan fingerprint density at radius 1 is 1.32 bits per heavy atom. The predicted octanol–water partition coefficient (Wildman–Crippen LogP) is 2.00. The molecule has 1 aliphatic heterocycles. The second-order valence-electron chi connectivity index (χ2n) is 4.73. The van der Waals surface area contributed by atoms with Crippen molar-refractivity contribution < 1.29 is 14.7 Å². The lowest BCUT2D eigenvalue weighted by molar-refractivity contribution is -0.117. The van der Waals surface area contributed by atoms with Crippen molar-refractivity contribution in [1.29, 1.82) is 0 Å². The van der Waals surface area contributed by atoms with E-state index in [2.05, 4.69) is 0 Å². The topological polar surface area (TPSA) is 62.5 Å². The number of aryl methyl sites for hydroxylation is 1. The summed E-state index contributed by atoms with van der Waals surface area (Å²) in [5, 5.41) is 10.3. The van der Waals surface area contributed by atoms with Crippen molar-refractivity contribution >= 4 is 28.5 Å². The van der Waals surface area contributed by atoms with Crippen LogP contribution >= 0.6 is 0 Å². The minimum Gasteiger partial charge on any atom is -0.477 e. The van der Waals surface area contributed by atoms with E-state index in [0.717, 1.165) is 17.3 Å². The first kappa shape index (κ1) is 11.8. The summed E-state index contributed by atoms with van der Waals surface area (Å²) < 4.78 is 1.64. The number of aromatic carboxylic acids is 1. The van der Waals surface area contributed by atoms with Gasteiger partial charge in [-0.3, -0.25) is 4.79 Å². The van der Waals surface area contributed by atoms with Crippen LogP contribution in [0, 0.1) is 0 Å². The van der Waals surface area contributed by atoms with E-state index in [0.29, 0.717) is 18.7 Å². The van der Waals surface area contributed by atoms with Gasteiger partial charge in [0.25, 0.3) is 0 Å². The fourth-order valence-corrected chi connectivity index (χ4v) is 2.78. The Balaban J connectivity index is 2.35. The molecule has 0 saturated carbocycles. The van der Waals surface area contributed by atoms with Crippen LogP contribution < -0.4 is 4.90 Å². The van der Waals surface area contributed by atoms with E-state index < -0.39 is 5.97 Å². The zero-order chi connectivity index (χ0) is 13.6. The molecule has 1 aromatic heterocycles. The van der Waals surface area contributed by atoms with E-state index in [-0.39, 0.29) is 11.6 Å². The third-order valence-electron chi connectivity index (χ3n) is 3.63. The van der Waals surface area contributed by atoms with Crippen molar-refractivity contribution in [3.05, 3.63) is 30.0 Å². The molecule has 5 heteroatoms. The molecular formula is C14H14N2O3. The summed E-state index contributed by atoms with van der Waals surface area (Å²) in [6.45, 7) is 0.590. The van der Waals surface area contributed by atoms with Gasteiger partial charge in [-0.2, -0.15) is 0 Å². The van der Waals surface area contributed by atoms with Crippen LogP contribution in [0.3, 0.4) is 0 Å². The van der Waals surface area contributed by atoms with Gasteiger partial charge in [-0.15, -0.1) is 0 Å². The number of carboxylic acids is 1. The number of nitrogens with zero attached hydrogens (tertiary/aromatic N) is 2. The van der Waals surface area contributed by atoms with Gasteiger partial charge in [0.1, 0.15) is 0 Å². The second kappa shape index (κ2) is 4.12. The Labute approximate surface area is 110 Å². The number of rotatable bonds is 2. The number of para-hydroxylation sites is 1. The molecule has 5 nitrogen and oxygen atoms in total. The highest BCUT2D eigenvalue weighted by Gasteiger charge is 2.30. The summed E-state index contributed by atoms with van der Waals surface area (Å²) in [7, 11) is 1.72. The van der Waals surface area contributed by atoms with Crippen molar-refractivity contribution in [3.8, 4) is 0 Å². The number of carbonyl (C=O) groups excluding carboxylic acids is 1. The fraction of sp³-hybridized carbons (Fsp3) is 0.286. The van der Waals surface area contributed by atoms with Gasteiger partial charge in [-0.1, -0.05) is 18.2 Å². The lowest BCUT2D eigenvalue weighted by atomic mass is 10.2. The van der Waals surface area contributed by atoms with E-state index in [1.807, 2.05) is 24.3 Å². The van der Waals surface area contributed by atoms with E-state index >= 15 is 0 Å². The zero-order valence-electron chi connectivity index (χ0n) is 10.6. The average molecular weight is 258 g/mol. The molecule has 0 atom stereocenters. The van der Waals surface area contributed by atoms with Crippen molar-refractivity contribution in [2.45, 2.75) is 12.8 Å². The molecule has 0 bridgehead atoms. The Kier molecular flexibility index (Phi) is 2.55. The van der Waals surface area contributed by atoms with Gasteiger partial charge in [-0.25, -0.2) is 4.79 Å². The smallest absolute Gasteiger partial charge is 0.354 e. The molecule has 1 aromatic carbocycles. The van der Waals surface area contributed by atoms with Crippen LogP contribution in [0.4, 0.5) is 5.69 Å². The molecule has 0 spiro atoms. The molecule has 98 valence electrons. The maximum absolute atomic E-state index is 11.9. The summed E-state index contributed by atoms with van der Waals surface area (Å²) in [4.78, 5) is 25.0. The van der Waals surface area contributed by atoms with Gasteiger partial charge < -0.3 is 14.6 Å². The number of aromatic nitrogens is 1. The van der Waals surface area contributed by atoms with Crippen LogP contribution in [0.25, 0.3) is 10.9 Å². The van der Waals surface area contributed by atoms with Crippen LogP contribution in [-0.4, -0.2) is 28.1 Å². The molecule has 19 heavy (non-hydrogen) atoms. The highest BCUT2D eigenvalue weighted by molar-refractivity contribution is 6.12. The number of carboxylic acid groups (broad SMARTS) is 1.